The van der Waals surface area contributed by atoms with Gasteiger partial charge in [0.2, 0.25) is 0 Å². The van der Waals surface area contributed by atoms with Crippen molar-refractivity contribution < 1.29 is 4.79 Å². The summed E-state index contributed by atoms with van der Waals surface area (Å²) in [5.41, 5.74) is 5.55. The number of benzene rings is 2. The highest BCUT2D eigenvalue weighted by molar-refractivity contribution is 6.34. The minimum Gasteiger partial charge on any atom is -0.267 e. The van der Waals surface area contributed by atoms with E-state index in [1.165, 1.54) is 0 Å². The van der Waals surface area contributed by atoms with E-state index in [9.17, 15) is 4.79 Å². The SMILES string of the molecule is CC(=NNC(=O)c1ccccc1C)c1ccccc1Cl. The monoisotopic (exact) mass is 286 g/mol. The summed E-state index contributed by atoms with van der Waals surface area (Å²) >= 11 is 6.08. The number of amides is 1. The molecule has 2 aromatic rings. The van der Waals surface area contributed by atoms with Crippen LogP contribution < -0.4 is 5.43 Å². The van der Waals surface area contributed by atoms with Crippen LogP contribution in [0, 0.1) is 6.92 Å². The number of rotatable bonds is 3. The van der Waals surface area contributed by atoms with Crippen LogP contribution in [-0.2, 0) is 0 Å². The van der Waals surface area contributed by atoms with Crippen LogP contribution in [0.15, 0.2) is 53.6 Å². The van der Waals surface area contributed by atoms with Crippen molar-refractivity contribution in [2.75, 3.05) is 0 Å². The van der Waals surface area contributed by atoms with Crippen molar-refractivity contribution in [3.63, 3.8) is 0 Å². The van der Waals surface area contributed by atoms with Crippen LogP contribution in [0.5, 0.6) is 0 Å². The van der Waals surface area contributed by atoms with E-state index in [1.54, 1.807) is 19.1 Å². The van der Waals surface area contributed by atoms with Crippen LogP contribution in [0.4, 0.5) is 0 Å². The molecule has 2 aromatic carbocycles. The van der Waals surface area contributed by atoms with E-state index in [1.807, 2.05) is 43.3 Å². The van der Waals surface area contributed by atoms with Gasteiger partial charge in [-0.3, -0.25) is 4.79 Å². The van der Waals surface area contributed by atoms with Gasteiger partial charge in [-0.15, -0.1) is 0 Å². The Labute approximate surface area is 123 Å². The largest absolute Gasteiger partial charge is 0.271 e. The average Bonchev–Trinajstić information content (AvgIpc) is 2.45. The van der Waals surface area contributed by atoms with Crippen LogP contribution in [0.25, 0.3) is 0 Å². The van der Waals surface area contributed by atoms with E-state index < -0.39 is 0 Å². The zero-order chi connectivity index (χ0) is 14.5. The zero-order valence-corrected chi connectivity index (χ0v) is 12.1. The quantitative estimate of drug-likeness (QED) is 0.677. The molecule has 2 rings (SSSR count). The Bertz CT molecular complexity index is 665. The van der Waals surface area contributed by atoms with Crippen LogP contribution in [0.2, 0.25) is 5.02 Å². The van der Waals surface area contributed by atoms with Crippen molar-refractivity contribution in [2.24, 2.45) is 5.10 Å². The molecule has 0 aromatic heterocycles. The maximum Gasteiger partial charge on any atom is 0.271 e. The number of hydrogen-bond donors (Lipinski definition) is 1. The molecule has 0 unspecified atom stereocenters. The van der Waals surface area contributed by atoms with E-state index in [-0.39, 0.29) is 5.91 Å². The Balaban J connectivity index is 2.16. The first-order chi connectivity index (χ1) is 9.59. The maximum atomic E-state index is 12.0. The Hall–Kier alpha value is -2.13. The summed E-state index contributed by atoms with van der Waals surface area (Å²) in [5.74, 6) is -0.227. The highest BCUT2D eigenvalue weighted by atomic mass is 35.5. The Morgan fingerprint density at radius 1 is 1.05 bits per heavy atom. The molecule has 4 heteroatoms. The van der Waals surface area contributed by atoms with Gasteiger partial charge in [-0.2, -0.15) is 5.10 Å². The summed E-state index contributed by atoms with van der Waals surface area (Å²) < 4.78 is 0. The fourth-order valence-electron chi connectivity index (χ4n) is 1.84. The van der Waals surface area contributed by atoms with E-state index >= 15 is 0 Å². The van der Waals surface area contributed by atoms with Gasteiger partial charge in [0.15, 0.2) is 0 Å². The lowest BCUT2D eigenvalue weighted by Gasteiger charge is -2.06. The van der Waals surface area contributed by atoms with E-state index in [0.717, 1.165) is 11.1 Å². The second kappa shape index (κ2) is 6.35. The first kappa shape index (κ1) is 14.3. The summed E-state index contributed by atoms with van der Waals surface area (Å²) in [5, 5.41) is 4.72. The molecule has 20 heavy (non-hydrogen) atoms. The van der Waals surface area contributed by atoms with Crippen LogP contribution >= 0.6 is 11.6 Å². The number of hydrazone groups is 1. The number of hydrogen-bond acceptors (Lipinski definition) is 2. The Morgan fingerprint density at radius 2 is 1.65 bits per heavy atom. The van der Waals surface area contributed by atoms with Gasteiger partial charge in [0, 0.05) is 16.1 Å². The molecule has 0 heterocycles. The minimum atomic E-state index is -0.227. The molecule has 0 spiro atoms. The molecule has 0 radical (unpaired) electrons. The van der Waals surface area contributed by atoms with E-state index in [2.05, 4.69) is 10.5 Å². The second-order valence-corrected chi connectivity index (χ2v) is 4.84. The van der Waals surface area contributed by atoms with Crippen molar-refractivity contribution in [1.82, 2.24) is 5.43 Å². The van der Waals surface area contributed by atoms with Gasteiger partial charge in [-0.05, 0) is 31.5 Å². The molecule has 0 saturated carbocycles. The third-order valence-corrected chi connectivity index (χ3v) is 3.31. The lowest BCUT2D eigenvalue weighted by Crippen LogP contribution is -2.20. The van der Waals surface area contributed by atoms with Crippen molar-refractivity contribution in [3.05, 3.63) is 70.2 Å². The van der Waals surface area contributed by atoms with Crippen LogP contribution in [0.1, 0.15) is 28.4 Å². The van der Waals surface area contributed by atoms with Gasteiger partial charge < -0.3 is 0 Å². The molecule has 0 aliphatic heterocycles. The van der Waals surface area contributed by atoms with Gasteiger partial charge in [0.1, 0.15) is 0 Å². The highest BCUT2D eigenvalue weighted by Gasteiger charge is 2.08. The lowest BCUT2D eigenvalue weighted by atomic mass is 10.1. The number of aryl methyl sites for hydroxylation is 1. The summed E-state index contributed by atoms with van der Waals surface area (Å²) in [6, 6.07) is 14.8. The smallest absolute Gasteiger partial charge is 0.267 e. The summed E-state index contributed by atoms with van der Waals surface area (Å²) in [6.07, 6.45) is 0. The molecule has 0 aliphatic carbocycles. The van der Waals surface area contributed by atoms with E-state index in [4.69, 9.17) is 11.6 Å². The van der Waals surface area contributed by atoms with Gasteiger partial charge in [-0.1, -0.05) is 48.0 Å². The summed E-state index contributed by atoms with van der Waals surface area (Å²) in [6.45, 7) is 3.69. The Morgan fingerprint density at radius 3 is 2.30 bits per heavy atom. The number of nitrogens with zero attached hydrogens (tertiary/aromatic N) is 1. The molecule has 3 nitrogen and oxygen atoms in total. The van der Waals surface area contributed by atoms with E-state index in [0.29, 0.717) is 16.3 Å². The number of carbonyl (C=O) groups is 1. The predicted octanol–water partition coefficient (Wildman–Crippen LogP) is 3.80. The first-order valence-electron chi connectivity index (χ1n) is 6.25. The summed E-state index contributed by atoms with van der Waals surface area (Å²) in [4.78, 5) is 12.0. The van der Waals surface area contributed by atoms with Gasteiger partial charge >= 0.3 is 0 Å². The molecule has 1 amide bonds. The normalized spacial score (nSPS) is 11.2. The van der Waals surface area contributed by atoms with Crippen LogP contribution in [-0.4, -0.2) is 11.6 Å². The third-order valence-electron chi connectivity index (χ3n) is 2.98. The molecule has 0 aliphatic rings. The molecule has 0 atom stereocenters. The minimum absolute atomic E-state index is 0.227. The zero-order valence-electron chi connectivity index (χ0n) is 11.4. The molecular weight excluding hydrogens is 272 g/mol. The number of carbonyl (C=O) groups excluding carboxylic acids is 1. The van der Waals surface area contributed by atoms with Crippen molar-refractivity contribution >= 4 is 23.2 Å². The topological polar surface area (TPSA) is 41.5 Å². The maximum absolute atomic E-state index is 12.0. The number of nitrogens with one attached hydrogen (secondary N) is 1. The third kappa shape index (κ3) is 3.25. The van der Waals surface area contributed by atoms with Gasteiger partial charge in [0.05, 0.1) is 5.71 Å². The van der Waals surface area contributed by atoms with Crippen molar-refractivity contribution in [2.45, 2.75) is 13.8 Å². The predicted molar refractivity (Wildman–Crippen MR) is 82.3 cm³/mol. The molecule has 102 valence electrons. The fourth-order valence-corrected chi connectivity index (χ4v) is 2.11. The Kier molecular flexibility index (Phi) is 4.53. The van der Waals surface area contributed by atoms with Crippen molar-refractivity contribution in [3.8, 4) is 0 Å². The first-order valence-corrected chi connectivity index (χ1v) is 6.62. The van der Waals surface area contributed by atoms with Crippen LogP contribution in [0.3, 0.4) is 0 Å². The fraction of sp³-hybridized carbons (Fsp3) is 0.125. The van der Waals surface area contributed by atoms with Gasteiger partial charge in [-0.25, -0.2) is 5.43 Å². The molecule has 0 saturated heterocycles. The second-order valence-electron chi connectivity index (χ2n) is 4.43. The molecular formula is C16H15ClN2O. The summed E-state index contributed by atoms with van der Waals surface area (Å²) in [7, 11) is 0. The standard InChI is InChI=1S/C16H15ClN2O/c1-11-7-3-4-8-13(11)16(20)19-18-12(2)14-9-5-6-10-15(14)17/h3-10H,1-2H3,(H,19,20). The molecule has 0 bridgehead atoms. The average molecular weight is 287 g/mol. The highest BCUT2D eigenvalue weighted by Crippen LogP contribution is 2.15. The molecule has 1 N–H and O–H groups in total. The molecule has 0 fully saturated rings. The van der Waals surface area contributed by atoms with Gasteiger partial charge in [0.25, 0.3) is 5.91 Å². The van der Waals surface area contributed by atoms with Crippen molar-refractivity contribution in [1.29, 1.82) is 0 Å². The lowest BCUT2D eigenvalue weighted by molar-refractivity contribution is 0.0954. The number of halogens is 1.